The van der Waals surface area contributed by atoms with Gasteiger partial charge >= 0.3 is 0 Å². The normalized spacial score (nSPS) is 19.3. The number of hydrogen-bond acceptors (Lipinski definition) is 4. The molecule has 6 heteroatoms. The lowest BCUT2D eigenvalue weighted by Crippen LogP contribution is -2.55. The molecular formula is C19H27N3O3. The predicted molar refractivity (Wildman–Crippen MR) is 96.8 cm³/mol. The Morgan fingerprint density at radius 3 is 2.44 bits per heavy atom. The van der Waals surface area contributed by atoms with Crippen molar-refractivity contribution in [2.24, 2.45) is 0 Å². The highest BCUT2D eigenvalue weighted by Gasteiger charge is 2.28. The third-order valence-electron chi connectivity index (χ3n) is 5.06. The van der Waals surface area contributed by atoms with Crippen LogP contribution in [0.3, 0.4) is 0 Å². The van der Waals surface area contributed by atoms with Crippen molar-refractivity contribution in [2.45, 2.75) is 32.2 Å². The van der Waals surface area contributed by atoms with Gasteiger partial charge in [-0.05, 0) is 44.5 Å². The van der Waals surface area contributed by atoms with Crippen LogP contribution in [-0.4, -0.2) is 61.6 Å². The quantitative estimate of drug-likeness (QED) is 0.882. The Morgan fingerprint density at radius 2 is 1.84 bits per heavy atom. The fraction of sp³-hybridized carbons (Fsp3) is 0.579. The standard InChI is InChI=1S/C19H27N3O3/c1-19(2,21-10-12-25-13-11-21)14-20-18(24)15-5-7-16(8-6-15)22-9-3-4-17(22)23/h5-8H,3-4,9-14H2,1-2H3,(H,20,24). The SMILES string of the molecule is CC(C)(CNC(=O)c1ccc(N2CCCC2=O)cc1)N1CCOCC1. The first-order valence-electron chi connectivity index (χ1n) is 8.99. The first kappa shape index (κ1) is 17.9. The number of nitrogens with one attached hydrogen (secondary N) is 1. The molecule has 1 N–H and O–H groups in total. The number of rotatable bonds is 5. The monoisotopic (exact) mass is 345 g/mol. The third-order valence-corrected chi connectivity index (χ3v) is 5.06. The fourth-order valence-corrected chi connectivity index (χ4v) is 3.39. The molecule has 2 amide bonds. The van der Waals surface area contributed by atoms with Gasteiger partial charge in [-0.15, -0.1) is 0 Å². The minimum atomic E-state index is -0.110. The molecule has 0 atom stereocenters. The van der Waals surface area contributed by atoms with Crippen LogP contribution in [0.2, 0.25) is 0 Å². The van der Waals surface area contributed by atoms with Crippen molar-refractivity contribution in [3.05, 3.63) is 29.8 Å². The molecular weight excluding hydrogens is 318 g/mol. The second kappa shape index (κ2) is 7.54. The van der Waals surface area contributed by atoms with E-state index in [4.69, 9.17) is 4.74 Å². The average molecular weight is 345 g/mol. The summed E-state index contributed by atoms with van der Waals surface area (Å²) < 4.78 is 5.39. The molecule has 2 aliphatic heterocycles. The molecule has 0 radical (unpaired) electrons. The Morgan fingerprint density at radius 1 is 1.16 bits per heavy atom. The molecule has 0 unspecified atom stereocenters. The maximum atomic E-state index is 12.4. The number of hydrogen-bond donors (Lipinski definition) is 1. The predicted octanol–water partition coefficient (Wildman–Crippen LogP) is 1.65. The zero-order valence-corrected chi connectivity index (χ0v) is 15.1. The lowest BCUT2D eigenvalue weighted by Gasteiger charge is -2.40. The maximum absolute atomic E-state index is 12.4. The van der Waals surface area contributed by atoms with Crippen LogP contribution < -0.4 is 10.2 Å². The van der Waals surface area contributed by atoms with E-state index in [2.05, 4.69) is 24.1 Å². The number of morpholine rings is 1. The molecule has 0 bridgehead atoms. The van der Waals surface area contributed by atoms with E-state index < -0.39 is 0 Å². The summed E-state index contributed by atoms with van der Waals surface area (Å²) in [5.74, 6) is 0.0742. The summed E-state index contributed by atoms with van der Waals surface area (Å²) in [5, 5.41) is 3.03. The molecule has 2 heterocycles. The molecule has 0 aliphatic carbocycles. The van der Waals surface area contributed by atoms with Gasteiger partial charge in [-0.3, -0.25) is 14.5 Å². The highest BCUT2D eigenvalue weighted by Crippen LogP contribution is 2.21. The van der Waals surface area contributed by atoms with E-state index in [9.17, 15) is 9.59 Å². The van der Waals surface area contributed by atoms with Gasteiger partial charge in [-0.1, -0.05) is 0 Å². The second-order valence-corrected chi connectivity index (χ2v) is 7.29. The number of carbonyl (C=O) groups excluding carboxylic acids is 2. The van der Waals surface area contributed by atoms with E-state index >= 15 is 0 Å². The zero-order valence-electron chi connectivity index (χ0n) is 15.1. The van der Waals surface area contributed by atoms with E-state index in [1.165, 1.54) is 0 Å². The molecule has 1 aromatic carbocycles. The topological polar surface area (TPSA) is 61.9 Å². The van der Waals surface area contributed by atoms with Crippen molar-refractivity contribution >= 4 is 17.5 Å². The Balaban J connectivity index is 1.56. The fourth-order valence-electron chi connectivity index (χ4n) is 3.39. The lowest BCUT2D eigenvalue weighted by atomic mass is 10.0. The van der Waals surface area contributed by atoms with Crippen LogP contribution >= 0.6 is 0 Å². The number of carbonyl (C=O) groups is 2. The Kier molecular flexibility index (Phi) is 5.39. The van der Waals surface area contributed by atoms with Crippen molar-refractivity contribution < 1.29 is 14.3 Å². The molecule has 6 nitrogen and oxygen atoms in total. The lowest BCUT2D eigenvalue weighted by molar-refractivity contribution is -0.117. The Hall–Kier alpha value is -1.92. The Labute approximate surface area is 149 Å². The number of anilines is 1. The minimum absolute atomic E-state index is 0.0827. The second-order valence-electron chi connectivity index (χ2n) is 7.29. The summed E-state index contributed by atoms with van der Waals surface area (Å²) in [6.45, 7) is 8.89. The number of amides is 2. The van der Waals surface area contributed by atoms with E-state index in [-0.39, 0.29) is 17.4 Å². The van der Waals surface area contributed by atoms with Crippen molar-refractivity contribution in [1.82, 2.24) is 10.2 Å². The highest BCUT2D eigenvalue weighted by molar-refractivity contribution is 5.97. The summed E-state index contributed by atoms with van der Waals surface area (Å²) in [4.78, 5) is 28.4. The zero-order chi connectivity index (χ0) is 17.9. The summed E-state index contributed by atoms with van der Waals surface area (Å²) in [7, 11) is 0. The largest absolute Gasteiger partial charge is 0.379 e. The van der Waals surface area contributed by atoms with Gasteiger partial charge in [-0.25, -0.2) is 0 Å². The molecule has 2 aliphatic rings. The first-order valence-corrected chi connectivity index (χ1v) is 8.99. The van der Waals surface area contributed by atoms with Gasteiger partial charge in [0.2, 0.25) is 5.91 Å². The van der Waals surface area contributed by atoms with Crippen LogP contribution in [0, 0.1) is 0 Å². The van der Waals surface area contributed by atoms with E-state index in [0.29, 0.717) is 18.5 Å². The van der Waals surface area contributed by atoms with E-state index in [0.717, 1.165) is 45.0 Å². The van der Waals surface area contributed by atoms with Gasteiger partial charge in [0, 0.05) is 49.4 Å². The number of benzene rings is 1. The molecule has 0 spiro atoms. The van der Waals surface area contributed by atoms with Gasteiger partial charge in [0.1, 0.15) is 0 Å². The molecule has 136 valence electrons. The first-order chi connectivity index (χ1) is 12.0. The van der Waals surface area contributed by atoms with Crippen molar-refractivity contribution in [3.8, 4) is 0 Å². The van der Waals surface area contributed by atoms with Crippen LogP contribution in [0.4, 0.5) is 5.69 Å². The number of ether oxygens (including phenoxy) is 1. The summed E-state index contributed by atoms with van der Waals surface area (Å²) in [5.41, 5.74) is 1.38. The molecule has 2 saturated heterocycles. The molecule has 0 saturated carbocycles. The van der Waals surface area contributed by atoms with Crippen LogP contribution in [0.5, 0.6) is 0 Å². The summed E-state index contributed by atoms with van der Waals surface area (Å²) in [6.07, 6.45) is 1.51. The highest BCUT2D eigenvalue weighted by atomic mass is 16.5. The van der Waals surface area contributed by atoms with Gasteiger partial charge in [0.25, 0.3) is 5.91 Å². The van der Waals surface area contributed by atoms with E-state index in [1.54, 1.807) is 17.0 Å². The average Bonchev–Trinajstić information content (AvgIpc) is 3.06. The molecule has 2 fully saturated rings. The third kappa shape index (κ3) is 4.19. The smallest absolute Gasteiger partial charge is 0.251 e. The Bertz CT molecular complexity index is 621. The summed E-state index contributed by atoms with van der Waals surface area (Å²) in [6, 6.07) is 7.28. The van der Waals surface area contributed by atoms with Gasteiger partial charge in [-0.2, -0.15) is 0 Å². The minimum Gasteiger partial charge on any atom is -0.379 e. The van der Waals surface area contributed by atoms with Crippen LogP contribution in [0.1, 0.15) is 37.0 Å². The molecule has 3 rings (SSSR count). The molecule has 25 heavy (non-hydrogen) atoms. The van der Waals surface area contributed by atoms with Crippen LogP contribution in [-0.2, 0) is 9.53 Å². The van der Waals surface area contributed by atoms with Crippen molar-refractivity contribution in [2.75, 3.05) is 44.3 Å². The maximum Gasteiger partial charge on any atom is 0.251 e. The molecule has 1 aromatic rings. The van der Waals surface area contributed by atoms with Gasteiger partial charge in [0.05, 0.1) is 13.2 Å². The van der Waals surface area contributed by atoms with E-state index in [1.807, 2.05) is 12.1 Å². The van der Waals surface area contributed by atoms with Crippen LogP contribution in [0.15, 0.2) is 24.3 Å². The van der Waals surface area contributed by atoms with Crippen LogP contribution in [0.25, 0.3) is 0 Å². The van der Waals surface area contributed by atoms with Gasteiger partial charge < -0.3 is 15.0 Å². The van der Waals surface area contributed by atoms with Crippen molar-refractivity contribution in [3.63, 3.8) is 0 Å². The molecule has 0 aromatic heterocycles. The summed E-state index contributed by atoms with van der Waals surface area (Å²) >= 11 is 0. The van der Waals surface area contributed by atoms with Gasteiger partial charge in [0.15, 0.2) is 0 Å². The number of nitrogens with zero attached hydrogens (tertiary/aromatic N) is 2. The van der Waals surface area contributed by atoms with Crippen molar-refractivity contribution in [1.29, 1.82) is 0 Å².